The van der Waals surface area contributed by atoms with Gasteiger partial charge in [0, 0.05) is 11.6 Å². The minimum atomic E-state index is -0.507. The number of pyridine rings is 2. The number of benzene rings is 2. The Morgan fingerprint density at radius 1 is 1.07 bits per heavy atom. The molecule has 0 bridgehead atoms. The molecule has 7 heteroatoms. The van der Waals surface area contributed by atoms with Gasteiger partial charge in [-0.1, -0.05) is 24.3 Å². The van der Waals surface area contributed by atoms with E-state index in [0.717, 1.165) is 0 Å². The van der Waals surface area contributed by atoms with Crippen LogP contribution in [0.4, 0.5) is 4.39 Å². The maximum atomic E-state index is 13.8. The third kappa shape index (κ3) is 4.00. The first-order chi connectivity index (χ1) is 14.7. The van der Waals surface area contributed by atoms with Gasteiger partial charge in [-0.2, -0.15) is 5.10 Å². The van der Waals surface area contributed by atoms with Crippen LogP contribution in [0.3, 0.4) is 0 Å². The van der Waals surface area contributed by atoms with E-state index in [1.807, 2.05) is 42.5 Å². The lowest BCUT2D eigenvalue weighted by atomic mass is 10.1. The number of methoxy groups -OCH3 is 1. The highest BCUT2D eigenvalue weighted by Crippen LogP contribution is 2.23. The smallest absolute Gasteiger partial charge is 0.272 e. The first kappa shape index (κ1) is 19.2. The van der Waals surface area contributed by atoms with Gasteiger partial charge >= 0.3 is 0 Å². The minimum Gasteiger partial charge on any atom is -0.494 e. The molecule has 2 aromatic carbocycles. The molecule has 0 spiro atoms. The fraction of sp³-hybridized carbons (Fsp3) is 0.0435. The van der Waals surface area contributed by atoms with Gasteiger partial charge in [0.1, 0.15) is 0 Å². The van der Waals surface area contributed by atoms with Crippen molar-refractivity contribution in [3.63, 3.8) is 0 Å². The summed E-state index contributed by atoms with van der Waals surface area (Å²) in [6.45, 7) is 0. The van der Waals surface area contributed by atoms with E-state index >= 15 is 0 Å². The summed E-state index contributed by atoms with van der Waals surface area (Å²) in [6, 6.07) is 18.9. The summed E-state index contributed by atoms with van der Waals surface area (Å²) >= 11 is 0. The van der Waals surface area contributed by atoms with Crippen molar-refractivity contribution in [2.75, 3.05) is 7.11 Å². The number of amides is 1. The number of ether oxygens (including phenoxy) is 1. The second kappa shape index (κ2) is 8.48. The average Bonchev–Trinajstić information content (AvgIpc) is 2.79. The summed E-state index contributed by atoms with van der Waals surface area (Å²) < 4.78 is 18.7. The maximum Gasteiger partial charge on any atom is 0.272 e. The number of hydrogen-bond donors (Lipinski definition) is 1. The number of nitrogens with one attached hydrogen (secondary N) is 1. The Balaban J connectivity index is 1.63. The predicted octanol–water partition coefficient (Wildman–Crippen LogP) is 4.21. The lowest BCUT2D eigenvalue weighted by molar-refractivity contribution is 0.0956. The van der Waals surface area contributed by atoms with Gasteiger partial charge in [0.2, 0.25) is 0 Å². The van der Waals surface area contributed by atoms with Gasteiger partial charge < -0.3 is 4.74 Å². The molecule has 0 aliphatic carbocycles. The number of carbonyl (C=O) groups excluding carboxylic acids is 1. The number of para-hydroxylation sites is 1. The van der Waals surface area contributed by atoms with E-state index in [0.29, 0.717) is 33.4 Å². The number of halogens is 1. The van der Waals surface area contributed by atoms with Crippen molar-refractivity contribution in [2.45, 2.75) is 0 Å². The molecule has 4 rings (SSSR count). The van der Waals surface area contributed by atoms with E-state index < -0.39 is 11.7 Å². The van der Waals surface area contributed by atoms with Crippen molar-refractivity contribution in [1.29, 1.82) is 0 Å². The zero-order valence-corrected chi connectivity index (χ0v) is 16.0. The minimum absolute atomic E-state index is 0.140. The molecule has 2 aromatic heterocycles. The highest BCUT2D eigenvalue weighted by atomic mass is 19.1. The Labute approximate surface area is 172 Å². The summed E-state index contributed by atoms with van der Waals surface area (Å²) in [5.74, 6) is -0.773. The van der Waals surface area contributed by atoms with Crippen LogP contribution in [0.15, 0.2) is 78.0 Å². The number of aromatic nitrogens is 2. The van der Waals surface area contributed by atoms with Gasteiger partial charge in [-0.05, 0) is 48.0 Å². The van der Waals surface area contributed by atoms with Crippen LogP contribution in [-0.2, 0) is 0 Å². The van der Waals surface area contributed by atoms with Gasteiger partial charge in [0.05, 0.1) is 35.8 Å². The zero-order chi connectivity index (χ0) is 20.9. The van der Waals surface area contributed by atoms with Crippen molar-refractivity contribution < 1.29 is 13.9 Å². The summed E-state index contributed by atoms with van der Waals surface area (Å²) in [7, 11) is 1.39. The number of hydrogen-bond acceptors (Lipinski definition) is 5. The summed E-state index contributed by atoms with van der Waals surface area (Å²) in [5.41, 5.74) is 5.32. The van der Waals surface area contributed by atoms with Crippen LogP contribution in [-0.4, -0.2) is 29.2 Å². The number of rotatable bonds is 5. The van der Waals surface area contributed by atoms with Crippen molar-refractivity contribution >= 4 is 23.0 Å². The largest absolute Gasteiger partial charge is 0.494 e. The van der Waals surface area contributed by atoms with Crippen molar-refractivity contribution in [1.82, 2.24) is 15.4 Å². The summed E-state index contributed by atoms with van der Waals surface area (Å²) in [5, 5.41) is 4.65. The highest BCUT2D eigenvalue weighted by Gasteiger charge is 2.14. The van der Waals surface area contributed by atoms with E-state index in [9.17, 15) is 9.18 Å². The third-order valence-corrected chi connectivity index (χ3v) is 4.44. The van der Waals surface area contributed by atoms with Crippen molar-refractivity contribution in [3.8, 4) is 17.1 Å². The molecule has 0 radical (unpaired) electrons. The molecule has 148 valence electrons. The van der Waals surface area contributed by atoms with Crippen LogP contribution >= 0.6 is 0 Å². The van der Waals surface area contributed by atoms with E-state index in [4.69, 9.17) is 4.74 Å². The number of fused-ring (bicyclic) bond motifs is 1. The molecule has 6 nitrogen and oxygen atoms in total. The highest BCUT2D eigenvalue weighted by molar-refractivity contribution is 6.07. The quantitative estimate of drug-likeness (QED) is 0.402. The molecule has 0 aliphatic heterocycles. The summed E-state index contributed by atoms with van der Waals surface area (Å²) in [4.78, 5) is 21.8. The first-order valence-corrected chi connectivity index (χ1v) is 9.14. The molecule has 30 heavy (non-hydrogen) atoms. The van der Waals surface area contributed by atoms with Crippen LogP contribution in [0, 0.1) is 5.82 Å². The molecular formula is C23H17FN4O2. The van der Waals surface area contributed by atoms with E-state index in [2.05, 4.69) is 20.5 Å². The predicted molar refractivity (Wildman–Crippen MR) is 113 cm³/mol. The normalized spacial score (nSPS) is 11.0. The Bertz CT molecular complexity index is 1240. The third-order valence-electron chi connectivity index (χ3n) is 4.44. The van der Waals surface area contributed by atoms with E-state index in [1.165, 1.54) is 25.5 Å². The van der Waals surface area contributed by atoms with Gasteiger partial charge in [-0.15, -0.1) is 0 Å². The van der Waals surface area contributed by atoms with Gasteiger partial charge in [0.25, 0.3) is 5.91 Å². The average molecular weight is 400 g/mol. The number of hydrazone groups is 1. The molecule has 0 saturated carbocycles. The molecule has 0 saturated heterocycles. The number of carbonyl (C=O) groups is 1. The Kier molecular flexibility index (Phi) is 5.43. The SMILES string of the molecule is COc1ccc(/C=N\NC(=O)c2cc(-c3ccccn3)nc3ccccc23)cc1F. The molecule has 1 amide bonds. The van der Waals surface area contributed by atoms with E-state index in [-0.39, 0.29) is 5.75 Å². The lowest BCUT2D eigenvalue weighted by Crippen LogP contribution is -2.18. The molecule has 2 heterocycles. The van der Waals surface area contributed by atoms with Crippen molar-refractivity contribution in [2.24, 2.45) is 5.10 Å². The fourth-order valence-corrected chi connectivity index (χ4v) is 3.00. The standard InChI is InChI=1S/C23H17FN4O2/c1-30-22-10-9-15(12-18(22)24)14-26-28-23(29)17-13-21(20-8-4-5-11-25-20)27-19-7-3-2-6-16(17)19/h2-14H,1H3,(H,28,29)/b26-14-. The van der Waals surface area contributed by atoms with Crippen LogP contribution < -0.4 is 10.2 Å². The molecule has 0 fully saturated rings. The monoisotopic (exact) mass is 400 g/mol. The molecule has 1 N–H and O–H groups in total. The Morgan fingerprint density at radius 2 is 1.90 bits per heavy atom. The molecule has 0 atom stereocenters. The molecule has 0 unspecified atom stereocenters. The fourth-order valence-electron chi connectivity index (χ4n) is 3.00. The molecular weight excluding hydrogens is 383 g/mol. The van der Waals surface area contributed by atoms with Crippen LogP contribution in [0.25, 0.3) is 22.3 Å². The van der Waals surface area contributed by atoms with Crippen LogP contribution in [0.1, 0.15) is 15.9 Å². The molecule has 4 aromatic rings. The Hall–Kier alpha value is -4.13. The first-order valence-electron chi connectivity index (χ1n) is 9.14. The van der Waals surface area contributed by atoms with Gasteiger partial charge in [-0.3, -0.25) is 9.78 Å². The Morgan fingerprint density at radius 3 is 2.67 bits per heavy atom. The van der Waals surface area contributed by atoms with Crippen molar-refractivity contribution in [3.05, 3.63) is 89.9 Å². The zero-order valence-electron chi connectivity index (χ0n) is 16.0. The molecule has 0 aliphatic rings. The van der Waals surface area contributed by atoms with E-state index in [1.54, 1.807) is 18.3 Å². The topological polar surface area (TPSA) is 76.5 Å². The van der Waals surface area contributed by atoms with Gasteiger partial charge in [0.15, 0.2) is 11.6 Å². The maximum absolute atomic E-state index is 13.8. The summed E-state index contributed by atoms with van der Waals surface area (Å²) in [6.07, 6.45) is 3.04. The van der Waals surface area contributed by atoms with Crippen LogP contribution in [0.5, 0.6) is 5.75 Å². The second-order valence-electron chi connectivity index (χ2n) is 6.38. The van der Waals surface area contributed by atoms with Crippen LogP contribution in [0.2, 0.25) is 0 Å². The van der Waals surface area contributed by atoms with Gasteiger partial charge in [-0.25, -0.2) is 14.8 Å². The second-order valence-corrected chi connectivity index (χ2v) is 6.38. The lowest BCUT2D eigenvalue weighted by Gasteiger charge is -2.08. The number of nitrogens with zero attached hydrogens (tertiary/aromatic N) is 3.